The zero-order chi connectivity index (χ0) is 23.5. The summed E-state index contributed by atoms with van der Waals surface area (Å²) in [6.07, 6.45) is 0.897. The lowest BCUT2D eigenvalue weighted by Gasteiger charge is -2.25. The minimum absolute atomic E-state index is 0. The monoisotopic (exact) mass is 469 g/mol. The van der Waals surface area contributed by atoms with E-state index in [0.717, 1.165) is 12.8 Å². The lowest BCUT2D eigenvalue weighted by molar-refractivity contribution is -0.162. The fourth-order valence-corrected chi connectivity index (χ4v) is 3.12. The van der Waals surface area contributed by atoms with Crippen molar-refractivity contribution in [1.29, 1.82) is 0 Å². The summed E-state index contributed by atoms with van der Waals surface area (Å²) >= 11 is 6.17. The second-order valence-corrected chi connectivity index (χ2v) is 9.68. The van der Waals surface area contributed by atoms with Gasteiger partial charge in [-0.3, -0.25) is 9.59 Å². The van der Waals surface area contributed by atoms with Crippen LogP contribution < -0.4 is 5.32 Å². The molecule has 1 saturated carbocycles. The van der Waals surface area contributed by atoms with Crippen molar-refractivity contribution >= 4 is 29.2 Å². The maximum absolute atomic E-state index is 13.3. The highest BCUT2D eigenvalue weighted by Crippen LogP contribution is 2.34. The van der Waals surface area contributed by atoms with Gasteiger partial charge in [0.05, 0.1) is 5.41 Å². The third-order valence-electron chi connectivity index (χ3n) is 5.04. The molecule has 0 radical (unpaired) electrons. The van der Waals surface area contributed by atoms with E-state index in [1.165, 1.54) is 0 Å². The molecule has 1 aliphatic carbocycles. The van der Waals surface area contributed by atoms with Gasteiger partial charge in [0.15, 0.2) is 0 Å². The number of carbonyl (C=O) groups excluding carboxylic acids is 2. The van der Waals surface area contributed by atoms with Crippen molar-refractivity contribution in [2.75, 3.05) is 5.32 Å². The van der Waals surface area contributed by atoms with Gasteiger partial charge >= 0.3 is 5.97 Å². The molecule has 1 amide bonds. The third kappa shape index (κ3) is 7.08. The molecule has 6 heteroatoms. The van der Waals surface area contributed by atoms with Crippen LogP contribution in [0.4, 0.5) is 5.69 Å². The molecule has 2 N–H and O–H groups in total. The van der Waals surface area contributed by atoms with Gasteiger partial charge in [-0.2, -0.15) is 0 Å². The Bertz CT molecular complexity index is 1060. The van der Waals surface area contributed by atoms with Crippen LogP contribution in [0.2, 0.25) is 5.02 Å². The molecule has 1 fully saturated rings. The Morgan fingerprint density at radius 1 is 1.12 bits per heavy atom. The largest absolute Gasteiger partial charge is 0.447 e. The number of benzene rings is 2. The SMILES string of the molecule is C.CC(C)(C)C(=O)O[C@@H](C(=O)Nc1ccc(Cl)cc1[C@@](C)(O)C#CC1CC1)c1ccccc1. The highest BCUT2D eigenvalue weighted by molar-refractivity contribution is 6.30. The summed E-state index contributed by atoms with van der Waals surface area (Å²) < 4.78 is 5.60. The number of ether oxygens (including phenoxy) is 1. The number of nitrogens with one attached hydrogen (secondary N) is 1. The molecule has 0 aromatic heterocycles. The van der Waals surface area contributed by atoms with E-state index >= 15 is 0 Å². The van der Waals surface area contributed by atoms with Gasteiger partial charge in [-0.25, -0.2) is 0 Å². The highest BCUT2D eigenvalue weighted by atomic mass is 35.5. The van der Waals surface area contributed by atoms with Gasteiger partial charge in [0.1, 0.15) is 5.60 Å². The molecule has 2 aromatic rings. The van der Waals surface area contributed by atoms with E-state index in [0.29, 0.717) is 27.8 Å². The third-order valence-corrected chi connectivity index (χ3v) is 5.27. The van der Waals surface area contributed by atoms with Crippen LogP contribution >= 0.6 is 11.6 Å². The van der Waals surface area contributed by atoms with Crippen molar-refractivity contribution < 1.29 is 19.4 Å². The number of amides is 1. The summed E-state index contributed by atoms with van der Waals surface area (Å²) in [6.45, 7) is 6.74. The van der Waals surface area contributed by atoms with Crippen LogP contribution in [0, 0.1) is 23.2 Å². The predicted molar refractivity (Wildman–Crippen MR) is 132 cm³/mol. The molecule has 0 aliphatic heterocycles. The molecular formula is C27H32ClNO4. The summed E-state index contributed by atoms with van der Waals surface area (Å²) in [5.74, 6) is 5.23. The lowest BCUT2D eigenvalue weighted by atomic mass is 9.94. The van der Waals surface area contributed by atoms with Crippen LogP contribution in [0.3, 0.4) is 0 Å². The normalized spacial score (nSPS) is 15.7. The average Bonchev–Trinajstić information content (AvgIpc) is 3.56. The van der Waals surface area contributed by atoms with E-state index in [-0.39, 0.29) is 7.43 Å². The lowest BCUT2D eigenvalue weighted by Crippen LogP contribution is -2.32. The van der Waals surface area contributed by atoms with Crippen LogP contribution in [0.25, 0.3) is 0 Å². The Labute approximate surface area is 201 Å². The number of rotatable bonds is 5. The summed E-state index contributed by atoms with van der Waals surface area (Å²) in [4.78, 5) is 25.8. The number of carbonyl (C=O) groups is 2. The Kier molecular flexibility index (Phi) is 8.35. The fraction of sp³-hybridized carbons (Fsp3) is 0.407. The van der Waals surface area contributed by atoms with E-state index in [1.807, 2.05) is 6.07 Å². The molecule has 0 bridgehead atoms. The molecule has 2 aromatic carbocycles. The number of halogens is 1. The maximum Gasteiger partial charge on any atom is 0.312 e. The molecule has 2 atom stereocenters. The van der Waals surface area contributed by atoms with Crippen LogP contribution in [-0.2, 0) is 19.9 Å². The second-order valence-electron chi connectivity index (χ2n) is 9.24. The van der Waals surface area contributed by atoms with E-state index < -0.39 is 29.0 Å². The first kappa shape index (κ1) is 26.4. The topological polar surface area (TPSA) is 75.6 Å². The minimum Gasteiger partial charge on any atom is -0.447 e. The van der Waals surface area contributed by atoms with Gasteiger partial charge in [0.2, 0.25) is 6.10 Å². The van der Waals surface area contributed by atoms with E-state index in [1.54, 1.807) is 70.2 Å². The van der Waals surface area contributed by atoms with Gasteiger partial charge in [-0.1, -0.05) is 61.2 Å². The van der Waals surface area contributed by atoms with Crippen molar-refractivity contribution in [2.45, 2.75) is 59.7 Å². The molecule has 0 heterocycles. The highest BCUT2D eigenvalue weighted by Gasteiger charge is 2.33. The Balaban J connectivity index is 0.00000385. The summed E-state index contributed by atoms with van der Waals surface area (Å²) in [6, 6.07) is 13.6. The van der Waals surface area contributed by atoms with Crippen LogP contribution in [0.1, 0.15) is 65.2 Å². The van der Waals surface area contributed by atoms with E-state index in [2.05, 4.69) is 17.2 Å². The van der Waals surface area contributed by atoms with Crippen molar-refractivity contribution in [3.63, 3.8) is 0 Å². The number of hydrogen-bond donors (Lipinski definition) is 2. The number of anilines is 1. The molecule has 0 unspecified atom stereocenters. The van der Waals surface area contributed by atoms with E-state index in [4.69, 9.17) is 16.3 Å². The first-order valence-electron chi connectivity index (χ1n) is 10.6. The Morgan fingerprint density at radius 2 is 1.76 bits per heavy atom. The number of hydrogen-bond acceptors (Lipinski definition) is 4. The molecule has 1 aliphatic rings. The minimum atomic E-state index is -1.51. The average molecular weight is 470 g/mol. The first-order chi connectivity index (χ1) is 15.0. The molecule has 176 valence electrons. The van der Waals surface area contributed by atoms with Gasteiger partial charge in [0.25, 0.3) is 5.91 Å². The molecule has 0 spiro atoms. The Morgan fingerprint density at radius 3 is 2.33 bits per heavy atom. The predicted octanol–water partition coefficient (Wildman–Crippen LogP) is 5.87. The zero-order valence-corrected chi connectivity index (χ0v) is 19.5. The molecule has 3 rings (SSSR count). The first-order valence-corrected chi connectivity index (χ1v) is 11.0. The molecular weight excluding hydrogens is 438 g/mol. The molecule has 0 saturated heterocycles. The van der Waals surface area contributed by atoms with Crippen molar-refractivity contribution in [1.82, 2.24) is 0 Å². The summed E-state index contributed by atoms with van der Waals surface area (Å²) in [5.41, 5.74) is -1.03. The summed E-state index contributed by atoms with van der Waals surface area (Å²) in [5, 5.41) is 14.2. The second kappa shape index (κ2) is 10.4. The quantitative estimate of drug-likeness (QED) is 0.424. The van der Waals surface area contributed by atoms with E-state index in [9.17, 15) is 14.7 Å². The zero-order valence-electron chi connectivity index (χ0n) is 18.7. The van der Waals surface area contributed by atoms with Crippen LogP contribution in [-0.4, -0.2) is 17.0 Å². The van der Waals surface area contributed by atoms with Crippen LogP contribution in [0.15, 0.2) is 48.5 Å². The van der Waals surface area contributed by atoms with Gasteiger partial charge in [-0.05, 0) is 58.7 Å². The smallest absolute Gasteiger partial charge is 0.312 e. The van der Waals surface area contributed by atoms with Gasteiger partial charge < -0.3 is 15.2 Å². The Hall–Kier alpha value is -2.81. The maximum atomic E-state index is 13.3. The van der Waals surface area contributed by atoms with Gasteiger partial charge in [-0.15, -0.1) is 0 Å². The van der Waals surface area contributed by atoms with Crippen molar-refractivity contribution in [3.8, 4) is 11.8 Å². The van der Waals surface area contributed by atoms with Crippen molar-refractivity contribution in [3.05, 3.63) is 64.7 Å². The standard InChI is InChI=1S/C26H28ClNO4.CH4/c1-25(2,3)24(30)32-22(18-8-6-5-7-9-18)23(29)28-21-13-12-19(27)16-20(21)26(4,31)15-14-17-10-11-17;/h5-9,12-13,16-17,22,31H,10-11H2,1-4H3,(H,28,29);1H4/t22-,26+;/m1./s1. The summed E-state index contributed by atoms with van der Waals surface area (Å²) in [7, 11) is 0. The van der Waals surface area contributed by atoms with Gasteiger partial charge in [0, 0.05) is 27.8 Å². The molecule has 5 nitrogen and oxygen atoms in total. The number of aliphatic hydroxyl groups is 1. The fourth-order valence-electron chi connectivity index (χ4n) is 2.95. The molecule has 33 heavy (non-hydrogen) atoms. The van der Waals surface area contributed by atoms with Crippen LogP contribution in [0.5, 0.6) is 0 Å². The number of esters is 1. The van der Waals surface area contributed by atoms with Crippen molar-refractivity contribution in [2.24, 2.45) is 11.3 Å².